The summed E-state index contributed by atoms with van der Waals surface area (Å²) >= 11 is 1.11. The minimum Gasteiger partial charge on any atom is -0.448 e. The highest BCUT2D eigenvalue weighted by Crippen LogP contribution is 2.16. The predicted octanol–water partition coefficient (Wildman–Crippen LogP) is 1.56. The van der Waals surface area contributed by atoms with Gasteiger partial charge in [-0.2, -0.15) is 0 Å². The first-order valence-corrected chi connectivity index (χ1v) is 7.22. The lowest BCUT2D eigenvalue weighted by Crippen LogP contribution is -2.46. The van der Waals surface area contributed by atoms with Crippen LogP contribution < -0.4 is 10.6 Å². The minimum atomic E-state index is -0.928. The molecule has 2 N–H and O–H groups in total. The fraction of sp³-hybridized carbons (Fsp3) is 0.538. The number of thiazole rings is 1. The lowest BCUT2D eigenvalue weighted by molar-refractivity contribution is -0.130. The van der Waals surface area contributed by atoms with Gasteiger partial charge in [0, 0.05) is 17.8 Å². The van der Waals surface area contributed by atoms with E-state index in [0.717, 1.165) is 11.3 Å². The number of carbonyl (C=O) groups excluding carboxylic acids is 3. The highest BCUT2D eigenvalue weighted by molar-refractivity contribution is 7.14. The maximum absolute atomic E-state index is 11.9. The summed E-state index contributed by atoms with van der Waals surface area (Å²) in [6, 6.07) is 0. The third-order valence-electron chi connectivity index (χ3n) is 2.15. The maximum Gasteiger partial charge on any atom is 0.358 e. The number of hydrogen-bond acceptors (Lipinski definition) is 6. The summed E-state index contributed by atoms with van der Waals surface area (Å²) in [4.78, 5) is 38.5. The Bertz CT molecular complexity index is 548. The second kappa shape index (κ2) is 6.66. The zero-order valence-corrected chi connectivity index (χ0v) is 13.5. The van der Waals surface area contributed by atoms with E-state index in [1.165, 1.54) is 19.2 Å². The topological polar surface area (TPSA) is 97.4 Å². The number of esters is 1. The van der Waals surface area contributed by atoms with E-state index >= 15 is 0 Å². The van der Waals surface area contributed by atoms with Gasteiger partial charge in [-0.1, -0.05) is 0 Å². The van der Waals surface area contributed by atoms with Crippen molar-refractivity contribution in [1.29, 1.82) is 0 Å². The normalized spacial score (nSPS) is 12.4. The van der Waals surface area contributed by atoms with Crippen LogP contribution in [0.15, 0.2) is 5.38 Å². The molecule has 1 rings (SSSR count). The van der Waals surface area contributed by atoms with Gasteiger partial charge in [0.25, 0.3) is 5.91 Å². The average molecular weight is 313 g/mol. The lowest BCUT2D eigenvalue weighted by atomic mass is 10.1. The Morgan fingerprint density at radius 3 is 2.48 bits per heavy atom. The Morgan fingerprint density at radius 2 is 1.95 bits per heavy atom. The van der Waals surface area contributed by atoms with Gasteiger partial charge in [0.05, 0.1) is 0 Å². The molecule has 2 amide bonds. The zero-order valence-electron chi connectivity index (χ0n) is 12.6. The van der Waals surface area contributed by atoms with Crippen molar-refractivity contribution in [3.63, 3.8) is 0 Å². The van der Waals surface area contributed by atoms with Crippen LogP contribution in [0.4, 0.5) is 5.13 Å². The van der Waals surface area contributed by atoms with E-state index < -0.39 is 17.6 Å². The maximum atomic E-state index is 11.9. The molecule has 0 saturated heterocycles. The summed E-state index contributed by atoms with van der Waals surface area (Å²) in [5, 5.41) is 6.95. The molecular formula is C13H19N3O4S. The lowest BCUT2D eigenvalue weighted by Gasteiger charge is -2.23. The van der Waals surface area contributed by atoms with Crippen LogP contribution in [-0.2, 0) is 14.3 Å². The van der Waals surface area contributed by atoms with E-state index in [-0.39, 0.29) is 17.5 Å². The number of carbonyl (C=O) groups is 3. The summed E-state index contributed by atoms with van der Waals surface area (Å²) < 4.78 is 5.04. The first-order chi connectivity index (χ1) is 9.58. The quantitative estimate of drug-likeness (QED) is 0.822. The Morgan fingerprint density at radius 1 is 1.33 bits per heavy atom. The van der Waals surface area contributed by atoms with Gasteiger partial charge in [-0.05, 0) is 27.7 Å². The highest BCUT2D eigenvalue weighted by atomic mass is 32.1. The molecule has 0 aliphatic rings. The van der Waals surface area contributed by atoms with Crippen LogP contribution in [0, 0.1) is 0 Å². The summed E-state index contributed by atoms with van der Waals surface area (Å²) in [5.74, 6) is -1.37. The molecule has 0 spiro atoms. The highest BCUT2D eigenvalue weighted by Gasteiger charge is 2.24. The molecule has 1 aromatic rings. The zero-order chi connectivity index (χ0) is 16.2. The van der Waals surface area contributed by atoms with Gasteiger partial charge in [-0.15, -0.1) is 11.3 Å². The number of anilines is 1. The summed E-state index contributed by atoms with van der Waals surface area (Å²) in [5.41, 5.74) is -0.351. The summed E-state index contributed by atoms with van der Waals surface area (Å²) in [6.45, 7) is 8.33. The van der Waals surface area contributed by atoms with Crippen LogP contribution in [0.1, 0.15) is 45.1 Å². The van der Waals surface area contributed by atoms with Gasteiger partial charge in [-0.3, -0.25) is 9.59 Å². The predicted molar refractivity (Wildman–Crippen MR) is 79.2 cm³/mol. The van der Waals surface area contributed by atoms with Gasteiger partial charge < -0.3 is 15.4 Å². The van der Waals surface area contributed by atoms with Gasteiger partial charge in [-0.25, -0.2) is 9.78 Å². The Balaban J connectivity index is 2.62. The molecule has 21 heavy (non-hydrogen) atoms. The molecule has 0 aliphatic carbocycles. The largest absolute Gasteiger partial charge is 0.448 e. The summed E-state index contributed by atoms with van der Waals surface area (Å²) in [6.07, 6.45) is -0.928. The Kier molecular flexibility index (Phi) is 5.42. The molecule has 0 aromatic carbocycles. The van der Waals surface area contributed by atoms with Crippen molar-refractivity contribution in [2.24, 2.45) is 0 Å². The molecule has 0 aliphatic heterocycles. The smallest absolute Gasteiger partial charge is 0.358 e. The van der Waals surface area contributed by atoms with Crippen LogP contribution in [0.25, 0.3) is 0 Å². The van der Waals surface area contributed by atoms with Crippen LogP contribution in [0.2, 0.25) is 0 Å². The fourth-order valence-electron chi connectivity index (χ4n) is 1.32. The van der Waals surface area contributed by atoms with Crippen molar-refractivity contribution in [1.82, 2.24) is 10.3 Å². The van der Waals surface area contributed by atoms with Crippen molar-refractivity contribution in [3.8, 4) is 0 Å². The molecule has 1 aromatic heterocycles. The van der Waals surface area contributed by atoms with E-state index in [9.17, 15) is 14.4 Å². The molecule has 7 nitrogen and oxygen atoms in total. The molecule has 0 fully saturated rings. The van der Waals surface area contributed by atoms with Crippen LogP contribution in [-0.4, -0.2) is 34.4 Å². The third kappa shape index (κ3) is 5.90. The fourth-order valence-corrected chi connectivity index (χ4v) is 2.05. The van der Waals surface area contributed by atoms with Crippen molar-refractivity contribution < 1.29 is 19.1 Å². The second-order valence-electron chi connectivity index (χ2n) is 5.51. The van der Waals surface area contributed by atoms with E-state index in [4.69, 9.17) is 4.74 Å². The number of ether oxygens (including phenoxy) is 1. The number of hydrogen-bond donors (Lipinski definition) is 2. The van der Waals surface area contributed by atoms with E-state index in [0.29, 0.717) is 5.13 Å². The number of rotatable bonds is 4. The van der Waals surface area contributed by atoms with Gasteiger partial charge in [0.2, 0.25) is 5.91 Å². The van der Waals surface area contributed by atoms with Gasteiger partial charge in [0.15, 0.2) is 16.9 Å². The molecule has 0 bridgehead atoms. The van der Waals surface area contributed by atoms with Crippen molar-refractivity contribution in [2.45, 2.75) is 46.3 Å². The third-order valence-corrected chi connectivity index (χ3v) is 2.91. The Hall–Kier alpha value is -1.96. The number of nitrogens with one attached hydrogen (secondary N) is 2. The van der Waals surface area contributed by atoms with Crippen LogP contribution in [0.5, 0.6) is 0 Å². The van der Waals surface area contributed by atoms with Crippen molar-refractivity contribution in [2.75, 3.05) is 5.32 Å². The van der Waals surface area contributed by atoms with Gasteiger partial charge in [0.1, 0.15) is 0 Å². The van der Waals surface area contributed by atoms with Crippen LogP contribution >= 0.6 is 11.3 Å². The molecule has 1 heterocycles. The average Bonchev–Trinajstić information content (AvgIpc) is 2.74. The number of aromatic nitrogens is 1. The molecule has 116 valence electrons. The van der Waals surface area contributed by atoms with E-state index in [1.807, 2.05) is 20.8 Å². The number of nitrogens with zero attached hydrogens (tertiary/aromatic N) is 1. The first kappa shape index (κ1) is 17.1. The number of amides is 2. The summed E-state index contributed by atoms with van der Waals surface area (Å²) in [7, 11) is 0. The molecule has 0 saturated carbocycles. The van der Waals surface area contributed by atoms with E-state index in [1.54, 1.807) is 0 Å². The molecule has 0 radical (unpaired) electrons. The van der Waals surface area contributed by atoms with Crippen LogP contribution in [0.3, 0.4) is 0 Å². The Labute approximate surface area is 127 Å². The minimum absolute atomic E-state index is 0.0548. The molecule has 1 unspecified atom stereocenters. The van der Waals surface area contributed by atoms with Crippen molar-refractivity contribution in [3.05, 3.63) is 11.1 Å². The molecule has 8 heteroatoms. The van der Waals surface area contributed by atoms with E-state index in [2.05, 4.69) is 15.6 Å². The molecular weight excluding hydrogens is 294 g/mol. The SMILES string of the molecule is CC(=O)Nc1nc(C(=O)OC(C)C(=O)NC(C)(C)C)cs1. The standard InChI is InChI=1S/C13H19N3O4S/c1-7(10(18)16-13(3,4)5)20-11(19)9-6-21-12(15-9)14-8(2)17/h6-7H,1-5H3,(H,16,18)(H,14,15,17). The monoisotopic (exact) mass is 313 g/mol. The van der Waals surface area contributed by atoms with Crippen molar-refractivity contribution >= 4 is 34.3 Å². The van der Waals surface area contributed by atoms with Gasteiger partial charge >= 0.3 is 5.97 Å². The molecule has 1 atom stereocenters. The first-order valence-electron chi connectivity index (χ1n) is 6.34. The second-order valence-corrected chi connectivity index (χ2v) is 6.36.